The molecule has 0 saturated carbocycles. The molecule has 1 aliphatic heterocycles. The Morgan fingerprint density at radius 3 is 1.52 bits per heavy atom. The zero-order valence-electron chi connectivity index (χ0n) is 18.6. The Bertz CT molecular complexity index is 522. The molecule has 0 spiro atoms. The second kappa shape index (κ2) is 17.2. The van der Waals surface area contributed by atoms with E-state index in [1.165, 1.54) is 77.0 Å². The van der Waals surface area contributed by atoms with Gasteiger partial charge in [0, 0.05) is 13.2 Å². The Hall–Kier alpha value is -1.68. The molecule has 1 aliphatic rings. The van der Waals surface area contributed by atoms with Crippen LogP contribution in [0, 0.1) is 0 Å². The summed E-state index contributed by atoms with van der Waals surface area (Å²) in [4.78, 5) is 21.9. The molecule has 0 aliphatic carbocycles. The summed E-state index contributed by atoms with van der Waals surface area (Å²) in [6, 6.07) is 6.74. The lowest BCUT2D eigenvalue weighted by molar-refractivity contribution is 0.0879. The molecular formula is C25H41NO3. The van der Waals surface area contributed by atoms with Crippen molar-refractivity contribution in [3.63, 3.8) is 0 Å². The number of unbranched alkanes of at least 4 members (excludes halogenated alkanes) is 11. The molecule has 0 radical (unpaired) electrons. The van der Waals surface area contributed by atoms with Crippen LogP contribution in [0.4, 0.5) is 0 Å². The van der Waals surface area contributed by atoms with Gasteiger partial charge in [0.1, 0.15) is 0 Å². The van der Waals surface area contributed by atoms with Gasteiger partial charge in [0.15, 0.2) is 0 Å². The van der Waals surface area contributed by atoms with Gasteiger partial charge < -0.3 is 4.74 Å². The lowest BCUT2D eigenvalue weighted by Crippen LogP contribution is -2.19. The summed E-state index contributed by atoms with van der Waals surface area (Å²) >= 11 is 0. The summed E-state index contributed by atoms with van der Waals surface area (Å²) in [5.41, 5.74) is 0.940. The Kier molecular flexibility index (Phi) is 15.0. The molecular weight excluding hydrogens is 362 g/mol. The fourth-order valence-corrected chi connectivity index (χ4v) is 3.41. The van der Waals surface area contributed by atoms with E-state index in [2.05, 4.69) is 19.2 Å². The van der Waals surface area contributed by atoms with E-state index in [0.29, 0.717) is 11.1 Å². The highest BCUT2D eigenvalue weighted by Gasteiger charge is 2.25. The summed E-state index contributed by atoms with van der Waals surface area (Å²) in [6.07, 6.45) is 18.2. The predicted octanol–water partition coefficient (Wildman–Crippen LogP) is 6.68. The zero-order valence-corrected chi connectivity index (χ0v) is 18.6. The van der Waals surface area contributed by atoms with E-state index in [1.807, 2.05) is 0 Å². The number of ether oxygens (including phenoxy) is 1. The van der Waals surface area contributed by atoms with Crippen LogP contribution in [0.3, 0.4) is 0 Å². The van der Waals surface area contributed by atoms with Crippen molar-refractivity contribution in [3.8, 4) is 0 Å². The lowest BCUT2D eigenvalue weighted by Gasteiger charge is -2.03. The Balaban J connectivity index is 0.000000321. The van der Waals surface area contributed by atoms with Crippen LogP contribution in [0.25, 0.3) is 0 Å². The van der Waals surface area contributed by atoms with E-state index in [9.17, 15) is 9.59 Å². The first-order chi connectivity index (χ1) is 14.2. The third-order valence-corrected chi connectivity index (χ3v) is 5.13. The maximum Gasteiger partial charge on any atom is 0.258 e. The van der Waals surface area contributed by atoms with E-state index in [-0.39, 0.29) is 11.8 Å². The molecule has 1 N–H and O–H groups in total. The molecule has 4 heteroatoms. The van der Waals surface area contributed by atoms with Gasteiger partial charge in [-0.2, -0.15) is 0 Å². The number of benzene rings is 1. The van der Waals surface area contributed by atoms with Gasteiger partial charge in [0.05, 0.1) is 11.1 Å². The fraction of sp³-hybridized carbons (Fsp3) is 0.680. The van der Waals surface area contributed by atoms with E-state index >= 15 is 0 Å². The van der Waals surface area contributed by atoms with Crippen LogP contribution in [0.5, 0.6) is 0 Å². The van der Waals surface area contributed by atoms with E-state index in [4.69, 9.17) is 4.74 Å². The standard InChI is InChI=1S/C17H36O.C8H5NO2/c1-3-5-6-7-8-9-10-11-12-13-14-15-17-18-16-4-2;10-7-5-3-1-2-4-6(5)8(11)9-7/h3-17H2,1-2H3;1-4H,(H,9,10,11). The van der Waals surface area contributed by atoms with Gasteiger partial charge in [-0.15, -0.1) is 0 Å². The van der Waals surface area contributed by atoms with Crippen molar-refractivity contribution in [2.24, 2.45) is 0 Å². The molecule has 2 rings (SSSR count). The van der Waals surface area contributed by atoms with Crippen molar-refractivity contribution >= 4 is 11.8 Å². The molecule has 4 nitrogen and oxygen atoms in total. The topological polar surface area (TPSA) is 55.4 Å². The van der Waals surface area contributed by atoms with Gasteiger partial charge in [-0.25, -0.2) is 0 Å². The Labute approximate surface area is 177 Å². The van der Waals surface area contributed by atoms with E-state index < -0.39 is 0 Å². The number of hydrogen-bond acceptors (Lipinski definition) is 3. The average Bonchev–Trinajstić information content (AvgIpc) is 3.03. The number of rotatable bonds is 15. The fourth-order valence-electron chi connectivity index (χ4n) is 3.41. The molecule has 2 amide bonds. The number of hydrogen-bond donors (Lipinski definition) is 1. The van der Waals surface area contributed by atoms with Crippen molar-refractivity contribution in [2.75, 3.05) is 13.2 Å². The maximum absolute atomic E-state index is 10.9. The molecule has 0 bridgehead atoms. The molecule has 164 valence electrons. The number of nitrogens with one attached hydrogen (secondary N) is 1. The Morgan fingerprint density at radius 2 is 1.07 bits per heavy atom. The second-order valence-corrected chi connectivity index (χ2v) is 7.83. The number of carbonyl (C=O) groups excluding carboxylic acids is 2. The van der Waals surface area contributed by atoms with Crippen LogP contribution in [0.1, 0.15) is 118 Å². The number of amides is 2. The molecule has 1 heterocycles. The third-order valence-electron chi connectivity index (χ3n) is 5.13. The zero-order chi connectivity index (χ0) is 21.2. The van der Waals surface area contributed by atoms with Gasteiger partial charge in [-0.1, -0.05) is 96.6 Å². The van der Waals surface area contributed by atoms with Crippen LogP contribution < -0.4 is 5.32 Å². The maximum atomic E-state index is 10.9. The van der Waals surface area contributed by atoms with Crippen LogP contribution in [-0.4, -0.2) is 25.0 Å². The molecule has 0 fully saturated rings. The van der Waals surface area contributed by atoms with Gasteiger partial charge in [0.25, 0.3) is 11.8 Å². The summed E-state index contributed by atoms with van der Waals surface area (Å²) in [5, 5.41) is 2.20. The molecule has 0 saturated heterocycles. The van der Waals surface area contributed by atoms with E-state index in [1.54, 1.807) is 24.3 Å². The first-order valence-corrected chi connectivity index (χ1v) is 11.7. The van der Waals surface area contributed by atoms with Crippen molar-refractivity contribution < 1.29 is 14.3 Å². The number of fused-ring (bicyclic) bond motifs is 1. The second-order valence-electron chi connectivity index (χ2n) is 7.83. The average molecular weight is 404 g/mol. The highest BCUT2D eigenvalue weighted by molar-refractivity contribution is 6.21. The van der Waals surface area contributed by atoms with Crippen LogP contribution in [0.2, 0.25) is 0 Å². The molecule has 29 heavy (non-hydrogen) atoms. The smallest absolute Gasteiger partial charge is 0.258 e. The summed E-state index contributed by atoms with van der Waals surface area (Å²) in [5.74, 6) is -0.601. The monoisotopic (exact) mass is 403 g/mol. The van der Waals surface area contributed by atoms with Crippen LogP contribution in [-0.2, 0) is 4.74 Å². The number of imide groups is 1. The first-order valence-electron chi connectivity index (χ1n) is 11.7. The van der Waals surface area contributed by atoms with Crippen molar-refractivity contribution in [1.29, 1.82) is 0 Å². The quantitative estimate of drug-likeness (QED) is 0.262. The van der Waals surface area contributed by atoms with E-state index in [0.717, 1.165) is 19.6 Å². The molecule has 0 unspecified atom stereocenters. The molecule has 0 atom stereocenters. The Morgan fingerprint density at radius 1 is 0.621 bits per heavy atom. The molecule has 1 aromatic carbocycles. The molecule has 0 aromatic heterocycles. The first kappa shape index (κ1) is 25.4. The van der Waals surface area contributed by atoms with Crippen molar-refractivity contribution in [2.45, 2.75) is 97.3 Å². The number of carbonyl (C=O) groups is 2. The summed E-state index contributed by atoms with van der Waals surface area (Å²) in [6.45, 7) is 6.37. The minimum Gasteiger partial charge on any atom is -0.381 e. The normalized spacial score (nSPS) is 12.3. The SMILES string of the molecule is CCCCCCCCCCCCCCOCCC.O=C1NC(=O)c2ccccc21. The highest BCUT2D eigenvalue weighted by atomic mass is 16.5. The van der Waals surface area contributed by atoms with Gasteiger partial charge in [0.2, 0.25) is 0 Å². The van der Waals surface area contributed by atoms with Gasteiger partial charge in [-0.3, -0.25) is 14.9 Å². The lowest BCUT2D eigenvalue weighted by atomic mass is 10.1. The minimum atomic E-state index is -0.300. The third kappa shape index (κ3) is 11.8. The summed E-state index contributed by atoms with van der Waals surface area (Å²) in [7, 11) is 0. The van der Waals surface area contributed by atoms with Crippen molar-refractivity contribution in [1.82, 2.24) is 5.32 Å². The minimum absolute atomic E-state index is 0.300. The van der Waals surface area contributed by atoms with Crippen molar-refractivity contribution in [3.05, 3.63) is 35.4 Å². The highest BCUT2D eigenvalue weighted by Crippen LogP contribution is 2.14. The van der Waals surface area contributed by atoms with Gasteiger partial charge in [-0.05, 0) is 25.0 Å². The molecule has 1 aromatic rings. The summed E-state index contributed by atoms with van der Waals surface area (Å²) < 4.78 is 5.47. The largest absolute Gasteiger partial charge is 0.381 e. The predicted molar refractivity (Wildman–Crippen MR) is 120 cm³/mol. The van der Waals surface area contributed by atoms with Crippen LogP contribution in [0.15, 0.2) is 24.3 Å². The van der Waals surface area contributed by atoms with Gasteiger partial charge >= 0.3 is 0 Å². The van der Waals surface area contributed by atoms with Crippen LogP contribution >= 0.6 is 0 Å².